The highest BCUT2D eigenvalue weighted by molar-refractivity contribution is 7.14. The molecule has 106 valence electrons. The summed E-state index contributed by atoms with van der Waals surface area (Å²) in [5, 5.41) is 2.94. The van der Waals surface area contributed by atoms with E-state index in [1.54, 1.807) is 17.5 Å². The zero-order valence-corrected chi connectivity index (χ0v) is 12.8. The number of carbonyl (C=O) groups excluding carboxylic acids is 1. The third-order valence-electron chi connectivity index (χ3n) is 2.96. The van der Waals surface area contributed by atoms with Gasteiger partial charge in [-0.2, -0.15) is 0 Å². The van der Waals surface area contributed by atoms with Gasteiger partial charge in [-0.3, -0.25) is 4.79 Å². The van der Waals surface area contributed by atoms with E-state index in [0.717, 1.165) is 22.7 Å². The number of carbonyl (C=O) groups is 1. The van der Waals surface area contributed by atoms with Gasteiger partial charge in [-0.25, -0.2) is 4.98 Å². The molecule has 0 aromatic carbocycles. The molecule has 0 saturated carbocycles. The average molecular weight is 289 g/mol. The summed E-state index contributed by atoms with van der Waals surface area (Å²) in [5.74, 6) is 0.874. The van der Waals surface area contributed by atoms with Crippen LogP contribution in [0, 0.1) is 0 Å². The van der Waals surface area contributed by atoms with Gasteiger partial charge in [0, 0.05) is 31.7 Å². The maximum atomic E-state index is 12.0. The maximum absolute atomic E-state index is 12.0. The summed E-state index contributed by atoms with van der Waals surface area (Å²) < 4.78 is 0. The molecule has 2 aromatic heterocycles. The highest BCUT2D eigenvalue weighted by Crippen LogP contribution is 2.17. The molecule has 1 N–H and O–H groups in total. The first-order valence-electron chi connectivity index (χ1n) is 6.59. The van der Waals surface area contributed by atoms with Crippen LogP contribution in [0.3, 0.4) is 0 Å². The van der Waals surface area contributed by atoms with E-state index in [4.69, 9.17) is 0 Å². The van der Waals surface area contributed by atoms with Crippen molar-refractivity contribution in [3.05, 3.63) is 45.8 Å². The van der Waals surface area contributed by atoms with Gasteiger partial charge in [-0.05, 0) is 36.2 Å². The summed E-state index contributed by atoms with van der Waals surface area (Å²) in [6.07, 6.45) is 2.73. The number of hydrogen-bond acceptors (Lipinski definition) is 4. The molecule has 0 saturated heterocycles. The third-order valence-corrected chi connectivity index (χ3v) is 4.18. The Labute approximate surface area is 123 Å². The summed E-state index contributed by atoms with van der Waals surface area (Å²) in [5.41, 5.74) is 1.05. The maximum Gasteiger partial charge on any atom is 0.261 e. The number of pyridine rings is 1. The van der Waals surface area contributed by atoms with Gasteiger partial charge in [-0.15, -0.1) is 11.3 Å². The molecule has 0 bridgehead atoms. The lowest BCUT2D eigenvalue weighted by atomic mass is 10.2. The monoisotopic (exact) mass is 289 g/mol. The van der Waals surface area contributed by atoms with Crippen molar-refractivity contribution in [2.24, 2.45) is 0 Å². The lowest BCUT2D eigenvalue weighted by Crippen LogP contribution is -2.22. The molecule has 0 fully saturated rings. The van der Waals surface area contributed by atoms with Crippen molar-refractivity contribution < 1.29 is 4.79 Å². The van der Waals surface area contributed by atoms with Crippen molar-refractivity contribution in [1.82, 2.24) is 10.3 Å². The minimum atomic E-state index is -0.0158. The first kappa shape index (κ1) is 14.5. The van der Waals surface area contributed by atoms with Crippen LogP contribution in [0.25, 0.3) is 0 Å². The minimum Gasteiger partial charge on any atom is -0.363 e. The van der Waals surface area contributed by atoms with Crippen molar-refractivity contribution in [2.45, 2.75) is 19.9 Å². The van der Waals surface area contributed by atoms with Gasteiger partial charge < -0.3 is 10.2 Å². The molecule has 0 aliphatic carbocycles. The molecule has 0 aliphatic heterocycles. The van der Waals surface area contributed by atoms with Crippen LogP contribution >= 0.6 is 11.3 Å². The van der Waals surface area contributed by atoms with Crippen molar-refractivity contribution >= 4 is 23.1 Å². The Hall–Kier alpha value is -1.88. The van der Waals surface area contributed by atoms with Crippen LogP contribution < -0.4 is 10.2 Å². The van der Waals surface area contributed by atoms with E-state index in [9.17, 15) is 4.79 Å². The number of nitrogens with one attached hydrogen (secondary N) is 1. The Bertz CT molecular complexity index is 592. The number of amides is 1. The van der Waals surface area contributed by atoms with E-state index in [-0.39, 0.29) is 5.91 Å². The molecule has 0 atom stereocenters. The first-order chi connectivity index (χ1) is 9.60. The molecule has 1 amide bonds. The van der Waals surface area contributed by atoms with E-state index in [1.807, 2.05) is 43.3 Å². The van der Waals surface area contributed by atoms with E-state index in [1.165, 1.54) is 4.88 Å². The lowest BCUT2D eigenvalue weighted by Gasteiger charge is -2.12. The third kappa shape index (κ3) is 3.57. The van der Waals surface area contributed by atoms with Gasteiger partial charge in [0.25, 0.3) is 5.91 Å². The Morgan fingerprint density at radius 1 is 1.35 bits per heavy atom. The van der Waals surface area contributed by atoms with Gasteiger partial charge in [0.1, 0.15) is 5.82 Å². The van der Waals surface area contributed by atoms with Crippen LogP contribution in [-0.2, 0) is 13.0 Å². The Balaban J connectivity index is 1.97. The number of rotatable bonds is 5. The molecular weight excluding hydrogens is 270 g/mol. The molecule has 0 unspecified atom stereocenters. The lowest BCUT2D eigenvalue weighted by molar-refractivity contribution is 0.0955. The number of aryl methyl sites for hydroxylation is 1. The summed E-state index contributed by atoms with van der Waals surface area (Å²) in [4.78, 5) is 20.2. The van der Waals surface area contributed by atoms with E-state index < -0.39 is 0 Å². The smallest absolute Gasteiger partial charge is 0.261 e. The number of thiophene rings is 1. The molecular formula is C15H19N3OS. The van der Waals surface area contributed by atoms with Crippen LogP contribution in [-0.4, -0.2) is 25.0 Å². The highest BCUT2D eigenvalue weighted by atomic mass is 32.1. The van der Waals surface area contributed by atoms with Crippen molar-refractivity contribution in [2.75, 3.05) is 19.0 Å². The zero-order chi connectivity index (χ0) is 14.5. The quantitative estimate of drug-likeness (QED) is 0.920. The molecule has 20 heavy (non-hydrogen) atoms. The second-order valence-electron chi connectivity index (χ2n) is 4.72. The number of nitrogens with zero attached hydrogens (tertiary/aromatic N) is 2. The molecule has 2 aromatic rings. The van der Waals surface area contributed by atoms with Crippen LogP contribution in [0.2, 0.25) is 0 Å². The van der Waals surface area contributed by atoms with Gasteiger partial charge in [0.2, 0.25) is 0 Å². The second kappa shape index (κ2) is 6.52. The SMILES string of the molecule is CCc1ccc(C(=O)NCc2ccnc(N(C)C)c2)s1. The molecule has 0 aliphatic rings. The molecule has 0 radical (unpaired) electrons. The fraction of sp³-hybridized carbons (Fsp3) is 0.333. The number of hydrogen-bond donors (Lipinski definition) is 1. The number of aromatic nitrogens is 1. The van der Waals surface area contributed by atoms with Gasteiger partial charge >= 0.3 is 0 Å². The van der Waals surface area contributed by atoms with Crippen LogP contribution in [0.4, 0.5) is 5.82 Å². The summed E-state index contributed by atoms with van der Waals surface area (Å²) in [6, 6.07) is 7.79. The van der Waals surface area contributed by atoms with Crippen molar-refractivity contribution in [3.8, 4) is 0 Å². The Morgan fingerprint density at radius 3 is 2.80 bits per heavy atom. The largest absolute Gasteiger partial charge is 0.363 e. The summed E-state index contributed by atoms with van der Waals surface area (Å²) >= 11 is 1.55. The van der Waals surface area contributed by atoms with Gasteiger partial charge in [-0.1, -0.05) is 6.92 Å². The fourth-order valence-electron chi connectivity index (χ4n) is 1.77. The minimum absolute atomic E-state index is 0.0158. The van der Waals surface area contributed by atoms with Crippen LogP contribution in [0.15, 0.2) is 30.5 Å². The summed E-state index contributed by atoms with van der Waals surface area (Å²) in [7, 11) is 3.89. The molecule has 4 nitrogen and oxygen atoms in total. The fourth-order valence-corrected chi connectivity index (χ4v) is 2.64. The number of anilines is 1. The van der Waals surface area contributed by atoms with Gasteiger partial charge in [0.15, 0.2) is 0 Å². The molecule has 0 spiro atoms. The average Bonchev–Trinajstić information content (AvgIpc) is 2.94. The molecule has 2 rings (SSSR count). The predicted octanol–water partition coefficient (Wildman–Crippen LogP) is 2.70. The molecule has 5 heteroatoms. The second-order valence-corrected chi connectivity index (χ2v) is 5.89. The van der Waals surface area contributed by atoms with Crippen LogP contribution in [0.1, 0.15) is 27.0 Å². The standard InChI is InChI=1S/C15H19N3OS/c1-4-12-5-6-13(20-12)15(19)17-10-11-7-8-16-14(9-11)18(2)3/h5-9H,4,10H2,1-3H3,(H,17,19). The normalized spacial score (nSPS) is 10.3. The zero-order valence-electron chi connectivity index (χ0n) is 12.0. The molecule has 2 heterocycles. The predicted molar refractivity (Wildman–Crippen MR) is 83.4 cm³/mol. The Kier molecular flexibility index (Phi) is 4.74. The first-order valence-corrected chi connectivity index (χ1v) is 7.41. The van der Waals surface area contributed by atoms with Crippen molar-refractivity contribution in [3.63, 3.8) is 0 Å². The van der Waals surface area contributed by atoms with E-state index in [2.05, 4.69) is 17.2 Å². The highest BCUT2D eigenvalue weighted by Gasteiger charge is 2.08. The summed E-state index contributed by atoms with van der Waals surface area (Å²) in [6.45, 7) is 2.61. The van der Waals surface area contributed by atoms with E-state index >= 15 is 0 Å². The van der Waals surface area contributed by atoms with Crippen molar-refractivity contribution in [1.29, 1.82) is 0 Å². The topological polar surface area (TPSA) is 45.2 Å². The Morgan fingerprint density at radius 2 is 2.15 bits per heavy atom. The van der Waals surface area contributed by atoms with E-state index in [0.29, 0.717) is 6.54 Å². The van der Waals surface area contributed by atoms with Gasteiger partial charge in [0.05, 0.1) is 4.88 Å². The van der Waals surface area contributed by atoms with Crippen LogP contribution in [0.5, 0.6) is 0 Å².